The van der Waals surface area contributed by atoms with Gasteiger partial charge in [0, 0.05) is 11.8 Å². The molecule has 2 N–H and O–H groups in total. The van der Waals surface area contributed by atoms with Crippen molar-refractivity contribution in [1.29, 1.82) is 0 Å². The van der Waals surface area contributed by atoms with Gasteiger partial charge >= 0.3 is 5.97 Å². The van der Waals surface area contributed by atoms with E-state index in [1.807, 2.05) is 38.1 Å². The van der Waals surface area contributed by atoms with E-state index in [1.54, 1.807) is 0 Å². The molecule has 4 nitrogen and oxygen atoms in total. The highest BCUT2D eigenvalue weighted by atomic mass is 16.5. The number of methoxy groups -OCH3 is 1. The van der Waals surface area contributed by atoms with Crippen molar-refractivity contribution in [3.63, 3.8) is 0 Å². The maximum absolute atomic E-state index is 10.9. The number of ether oxygens (including phenoxy) is 1. The molecule has 0 heterocycles. The molecule has 0 spiro atoms. The summed E-state index contributed by atoms with van der Waals surface area (Å²) in [5.41, 5.74) is 2.06. The number of fused-ring (bicyclic) bond motifs is 1. The van der Waals surface area contributed by atoms with Crippen LogP contribution in [0.5, 0.6) is 11.5 Å². The second kappa shape index (κ2) is 6.69. The summed E-state index contributed by atoms with van der Waals surface area (Å²) < 4.78 is 5.29. The molecule has 0 saturated heterocycles. The summed E-state index contributed by atoms with van der Waals surface area (Å²) in [6, 6.07) is 7.75. The smallest absolute Gasteiger partial charge is 0.303 e. The summed E-state index contributed by atoms with van der Waals surface area (Å²) in [4.78, 5) is 10.9. The van der Waals surface area contributed by atoms with Crippen molar-refractivity contribution >= 4 is 16.7 Å². The van der Waals surface area contributed by atoms with E-state index in [1.165, 1.54) is 7.11 Å². The fraction of sp³-hybridized carbons (Fsp3) is 0.389. The van der Waals surface area contributed by atoms with Crippen molar-refractivity contribution in [1.82, 2.24) is 0 Å². The van der Waals surface area contributed by atoms with Gasteiger partial charge in [0.05, 0.1) is 7.11 Å². The van der Waals surface area contributed by atoms with Crippen LogP contribution in [0.4, 0.5) is 0 Å². The predicted octanol–water partition coefficient (Wildman–Crippen LogP) is 3.77. The Balaban J connectivity index is 2.58. The van der Waals surface area contributed by atoms with Gasteiger partial charge in [-0.2, -0.15) is 0 Å². The molecule has 0 aliphatic carbocycles. The Kier molecular flexibility index (Phi) is 4.91. The van der Waals surface area contributed by atoms with Crippen LogP contribution in [0.25, 0.3) is 10.8 Å². The molecule has 0 aromatic heterocycles. The highest BCUT2D eigenvalue weighted by molar-refractivity contribution is 5.95. The zero-order valence-corrected chi connectivity index (χ0v) is 13.2. The van der Waals surface area contributed by atoms with Gasteiger partial charge in [0.25, 0.3) is 0 Å². The molecule has 0 aliphatic rings. The van der Waals surface area contributed by atoms with Gasteiger partial charge < -0.3 is 14.9 Å². The Hall–Kier alpha value is -2.23. The first-order chi connectivity index (χ1) is 10.5. The molecule has 0 aliphatic heterocycles. The minimum absolute atomic E-state index is 0.0141. The van der Waals surface area contributed by atoms with E-state index in [0.29, 0.717) is 12.2 Å². The van der Waals surface area contributed by atoms with Gasteiger partial charge in [-0.3, -0.25) is 4.79 Å². The van der Waals surface area contributed by atoms with Crippen molar-refractivity contribution in [2.45, 2.75) is 33.1 Å². The lowest BCUT2D eigenvalue weighted by Crippen LogP contribution is -2.07. The highest BCUT2D eigenvalue weighted by Crippen LogP contribution is 2.39. The third-order valence-electron chi connectivity index (χ3n) is 3.96. The van der Waals surface area contributed by atoms with Crippen LogP contribution in [-0.2, 0) is 17.6 Å². The van der Waals surface area contributed by atoms with Crippen LogP contribution in [0, 0.1) is 5.92 Å². The molecule has 0 amide bonds. The molecular formula is C18H22O4. The first-order valence-electron chi connectivity index (χ1n) is 7.50. The lowest BCUT2D eigenvalue weighted by molar-refractivity contribution is -0.137. The maximum atomic E-state index is 10.9. The molecule has 0 saturated carbocycles. The van der Waals surface area contributed by atoms with Crippen molar-refractivity contribution in [3.05, 3.63) is 35.4 Å². The minimum Gasteiger partial charge on any atom is -0.504 e. The first kappa shape index (κ1) is 16.1. The average Bonchev–Trinajstić information content (AvgIpc) is 2.48. The van der Waals surface area contributed by atoms with Crippen LogP contribution in [-0.4, -0.2) is 23.3 Å². The SMILES string of the molecule is CCc1cccc2c(CC(C)CC(=O)O)cc(OC)c(O)c12. The Bertz CT molecular complexity index is 691. The Morgan fingerprint density at radius 2 is 2.05 bits per heavy atom. The van der Waals surface area contributed by atoms with Crippen molar-refractivity contribution < 1.29 is 19.7 Å². The second-order valence-corrected chi connectivity index (χ2v) is 5.69. The van der Waals surface area contributed by atoms with Crippen molar-refractivity contribution in [2.24, 2.45) is 5.92 Å². The van der Waals surface area contributed by atoms with Crippen LogP contribution < -0.4 is 4.74 Å². The van der Waals surface area contributed by atoms with Gasteiger partial charge in [0.2, 0.25) is 0 Å². The summed E-state index contributed by atoms with van der Waals surface area (Å²) in [6.07, 6.45) is 1.56. The van der Waals surface area contributed by atoms with Crippen molar-refractivity contribution in [2.75, 3.05) is 7.11 Å². The van der Waals surface area contributed by atoms with Gasteiger partial charge in [-0.05, 0) is 41.3 Å². The van der Waals surface area contributed by atoms with E-state index in [9.17, 15) is 9.90 Å². The minimum atomic E-state index is -0.795. The number of carboxylic acid groups (broad SMARTS) is 1. The number of carboxylic acids is 1. The van der Waals surface area contributed by atoms with E-state index in [2.05, 4.69) is 0 Å². The normalized spacial score (nSPS) is 12.3. The number of aryl methyl sites for hydroxylation is 1. The maximum Gasteiger partial charge on any atom is 0.303 e. The molecule has 0 bridgehead atoms. The van der Waals surface area contributed by atoms with E-state index in [0.717, 1.165) is 28.3 Å². The fourth-order valence-electron chi connectivity index (χ4n) is 2.94. The molecule has 0 fully saturated rings. The van der Waals surface area contributed by atoms with Crippen LogP contribution >= 0.6 is 0 Å². The quantitative estimate of drug-likeness (QED) is 0.852. The van der Waals surface area contributed by atoms with Gasteiger partial charge in [0.1, 0.15) is 0 Å². The monoisotopic (exact) mass is 302 g/mol. The number of aromatic hydroxyl groups is 1. The van der Waals surface area contributed by atoms with Crippen molar-refractivity contribution in [3.8, 4) is 11.5 Å². The topological polar surface area (TPSA) is 66.8 Å². The molecule has 4 heteroatoms. The number of carbonyl (C=O) groups is 1. The Morgan fingerprint density at radius 1 is 1.32 bits per heavy atom. The van der Waals surface area contributed by atoms with Crippen LogP contribution in [0.15, 0.2) is 24.3 Å². The van der Waals surface area contributed by atoms with Gasteiger partial charge in [-0.25, -0.2) is 0 Å². The Morgan fingerprint density at radius 3 is 2.64 bits per heavy atom. The molecule has 2 aromatic carbocycles. The Labute approximate surface area is 130 Å². The number of hydrogen-bond donors (Lipinski definition) is 2. The molecule has 118 valence electrons. The van der Waals surface area contributed by atoms with E-state index < -0.39 is 5.97 Å². The van der Waals surface area contributed by atoms with Gasteiger partial charge in [-0.1, -0.05) is 32.0 Å². The fourth-order valence-corrected chi connectivity index (χ4v) is 2.94. The van der Waals surface area contributed by atoms with Gasteiger partial charge in [0.15, 0.2) is 11.5 Å². The van der Waals surface area contributed by atoms with Crippen LogP contribution in [0.2, 0.25) is 0 Å². The molecule has 2 aromatic rings. The van der Waals surface area contributed by atoms with Crippen LogP contribution in [0.1, 0.15) is 31.4 Å². The van der Waals surface area contributed by atoms with E-state index in [4.69, 9.17) is 9.84 Å². The third kappa shape index (κ3) is 3.16. The predicted molar refractivity (Wildman–Crippen MR) is 86.7 cm³/mol. The number of benzene rings is 2. The summed E-state index contributed by atoms with van der Waals surface area (Å²) in [5, 5.41) is 21.2. The second-order valence-electron chi connectivity index (χ2n) is 5.69. The molecule has 2 rings (SSSR count). The first-order valence-corrected chi connectivity index (χ1v) is 7.50. The van der Waals surface area contributed by atoms with E-state index >= 15 is 0 Å². The van der Waals surface area contributed by atoms with E-state index in [-0.39, 0.29) is 18.1 Å². The van der Waals surface area contributed by atoms with Gasteiger partial charge in [-0.15, -0.1) is 0 Å². The summed E-state index contributed by atoms with van der Waals surface area (Å²) in [5.74, 6) is -0.187. The molecular weight excluding hydrogens is 280 g/mol. The average molecular weight is 302 g/mol. The molecule has 0 radical (unpaired) electrons. The summed E-state index contributed by atoms with van der Waals surface area (Å²) in [7, 11) is 1.53. The highest BCUT2D eigenvalue weighted by Gasteiger charge is 2.17. The number of rotatable bonds is 6. The standard InChI is InChI=1S/C18H22O4/c1-4-12-6-5-7-14-13(8-11(2)9-16(19)20)10-15(22-3)18(21)17(12)14/h5-7,10-11,21H,4,8-9H2,1-3H3,(H,19,20). The largest absolute Gasteiger partial charge is 0.504 e. The number of phenols is 1. The molecule has 1 atom stereocenters. The number of phenolic OH excluding ortho intramolecular Hbond substituents is 1. The lowest BCUT2D eigenvalue weighted by Gasteiger charge is -2.16. The zero-order valence-electron chi connectivity index (χ0n) is 13.2. The number of aliphatic carboxylic acids is 1. The summed E-state index contributed by atoms with van der Waals surface area (Å²) >= 11 is 0. The molecule has 22 heavy (non-hydrogen) atoms. The molecule has 1 unspecified atom stereocenters. The number of hydrogen-bond acceptors (Lipinski definition) is 3. The van der Waals surface area contributed by atoms with Crippen LogP contribution in [0.3, 0.4) is 0 Å². The zero-order chi connectivity index (χ0) is 16.3. The summed E-state index contributed by atoms with van der Waals surface area (Å²) in [6.45, 7) is 3.96. The third-order valence-corrected chi connectivity index (χ3v) is 3.96. The lowest BCUT2D eigenvalue weighted by atomic mass is 9.91.